The van der Waals surface area contributed by atoms with Crippen LogP contribution in [0.1, 0.15) is 17.0 Å². The summed E-state index contributed by atoms with van der Waals surface area (Å²) in [7, 11) is 1.38. The fraction of sp³-hybridized carbons (Fsp3) is 0.176. The van der Waals surface area contributed by atoms with Crippen LogP contribution in [0.25, 0.3) is 6.08 Å². The van der Waals surface area contributed by atoms with Crippen LogP contribution < -0.4 is 10.2 Å². The van der Waals surface area contributed by atoms with E-state index >= 15 is 0 Å². The molecule has 2 aromatic rings. The smallest absolute Gasteiger partial charge is 0.280 e. The number of benzene rings is 1. The minimum absolute atomic E-state index is 0.0652. The van der Waals surface area contributed by atoms with Crippen molar-refractivity contribution in [2.75, 3.05) is 12.5 Å². The first kappa shape index (κ1) is 17.4. The molecule has 0 saturated heterocycles. The highest BCUT2D eigenvalue weighted by Gasteiger charge is 2.13. The fourth-order valence-electron chi connectivity index (χ4n) is 2.15. The fourth-order valence-corrected chi connectivity index (χ4v) is 2.37. The number of aryl methyl sites for hydroxylation is 2. The summed E-state index contributed by atoms with van der Waals surface area (Å²) in [5.41, 5.74) is 4.69. The van der Waals surface area contributed by atoms with Crippen LogP contribution in [0.2, 0.25) is 5.02 Å². The van der Waals surface area contributed by atoms with Gasteiger partial charge in [-0.05, 0) is 49.8 Å². The highest BCUT2D eigenvalue weighted by atomic mass is 35.5. The second kappa shape index (κ2) is 7.11. The van der Waals surface area contributed by atoms with E-state index in [9.17, 15) is 15.2 Å². The molecule has 1 heterocycles. The first-order chi connectivity index (χ1) is 11.4. The van der Waals surface area contributed by atoms with Crippen LogP contribution >= 0.6 is 11.6 Å². The number of rotatable bonds is 4. The number of amides is 1. The molecule has 124 valence electrons. The number of aromatic nitrogens is 1. The highest BCUT2D eigenvalue weighted by Crippen LogP contribution is 2.35. The molecule has 0 aliphatic heterocycles. The Morgan fingerprint density at radius 1 is 1.38 bits per heavy atom. The first-order valence-electron chi connectivity index (χ1n) is 7.02. The number of phenolic OH excluding ortho intramolecular Hbond substituents is 1. The van der Waals surface area contributed by atoms with Gasteiger partial charge in [-0.3, -0.25) is 14.9 Å². The van der Waals surface area contributed by atoms with Crippen LogP contribution in [-0.4, -0.2) is 22.8 Å². The number of nitriles is 1. The van der Waals surface area contributed by atoms with E-state index in [1.165, 1.54) is 25.3 Å². The zero-order valence-electron chi connectivity index (χ0n) is 13.4. The number of aromatic hydroxyl groups is 1. The summed E-state index contributed by atoms with van der Waals surface area (Å²) in [4.78, 5) is 12.3. The third-order valence-electron chi connectivity index (χ3n) is 3.43. The lowest BCUT2D eigenvalue weighted by Gasteiger charge is -2.11. The number of hydrogen-bond acceptors (Lipinski definition) is 4. The number of halogens is 1. The molecule has 6 nitrogen and oxygen atoms in total. The van der Waals surface area contributed by atoms with Crippen molar-refractivity contribution in [3.63, 3.8) is 0 Å². The Hall–Kier alpha value is -2.91. The molecule has 1 amide bonds. The third-order valence-corrected chi connectivity index (χ3v) is 3.72. The summed E-state index contributed by atoms with van der Waals surface area (Å²) < 4.78 is 6.60. The van der Waals surface area contributed by atoms with E-state index < -0.39 is 5.91 Å². The Labute approximate surface area is 144 Å². The van der Waals surface area contributed by atoms with Crippen molar-refractivity contribution in [3.8, 4) is 17.6 Å². The number of nitrogens with zero attached hydrogens (tertiary/aromatic N) is 2. The first-order valence-corrected chi connectivity index (χ1v) is 7.39. The monoisotopic (exact) mass is 345 g/mol. The minimum Gasteiger partial charge on any atom is -0.503 e. The van der Waals surface area contributed by atoms with Gasteiger partial charge in [0.2, 0.25) is 0 Å². The van der Waals surface area contributed by atoms with Crippen LogP contribution in [-0.2, 0) is 4.79 Å². The molecule has 1 aromatic heterocycles. The lowest BCUT2D eigenvalue weighted by atomic mass is 10.1. The zero-order valence-corrected chi connectivity index (χ0v) is 14.2. The second-order valence-corrected chi connectivity index (χ2v) is 5.52. The van der Waals surface area contributed by atoms with Gasteiger partial charge in [0.25, 0.3) is 5.91 Å². The van der Waals surface area contributed by atoms with Gasteiger partial charge < -0.3 is 9.84 Å². The normalized spacial score (nSPS) is 11.0. The van der Waals surface area contributed by atoms with Crippen molar-refractivity contribution < 1.29 is 14.6 Å². The maximum absolute atomic E-state index is 12.3. The van der Waals surface area contributed by atoms with E-state index in [1.54, 1.807) is 4.68 Å². The molecule has 24 heavy (non-hydrogen) atoms. The van der Waals surface area contributed by atoms with E-state index in [0.717, 1.165) is 11.4 Å². The lowest BCUT2D eigenvalue weighted by Crippen LogP contribution is -2.25. The molecule has 0 bridgehead atoms. The van der Waals surface area contributed by atoms with E-state index in [2.05, 4.69) is 5.43 Å². The number of carbonyl (C=O) groups excluding carboxylic acids is 1. The molecule has 0 saturated carbocycles. The van der Waals surface area contributed by atoms with Crippen molar-refractivity contribution in [2.45, 2.75) is 13.8 Å². The standard InChI is InChI=1S/C17H16ClN3O3/c1-10-4-5-11(2)21(10)20-17(23)13(9-19)6-12-7-14(18)16(22)15(8-12)24-3/h4-8,22H,1-3H3,(H,20,23)/b13-6-. The van der Waals surface area contributed by atoms with Gasteiger partial charge in [0, 0.05) is 11.4 Å². The maximum atomic E-state index is 12.3. The summed E-state index contributed by atoms with van der Waals surface area (Å²) in [6, 6.07) is 8.50. The summed E-state index contributed by atoms with van der Waals surface area (Å²) in [6.45, 7) is 3.68. The van der Waals surface area contributed by atoms with Gasteiger partial charge in [0.05, 0.1) is 12.1 Å². The Bertz CT molecular complexity index is 843. The molecule has 0 aliphatic rings. The minimum atomic E-state index is -0.553. The molecule has 7 heteroatoms. The lowest BCUT2D eigenvalue weighted by molar-refractivity contribution is -0.113. The predicted octanol–water partition coefficient (Wildman–Crippen LogP) is 3.15. The Kier molecular flexibility index (Phi) is 5.17. The number of phenols is 1. The van der Waals surface area contributed by atoms with Crippen molar-refractivity contribution in [3.05, 3.63) is 51.8 Å². The molecule has 2 rings (SSSR count). The van der Waals surface area contributed by atoms with Crippen molar-refractivity contribution in [2.24, 2.45) is 0 Å². The van der Waals surface area contributed by atoms with Gasteiger partial charge in [-0.25, -0.2) is 0 Å². The van der Waals surface area contributed by atoms with Crippen molar-refractivity contribution >= 4 is 23.6 Å². The van der Waals surface area contributed by atoms with E-state index in [1.807, 2.05) is 32.0 Å². The number of carbonyl (C=O) groups is 1. The molecule has 2 N–H and O–H groups in total. The Morgan fingerprint density at radius 3 is 2.54 bits per heavy atom. The summed E-state index contributed by atoms with van der Waals surface area (Å²) >= 11 is 5.91. The highest BCUT2D eigenvalue weighted by molar-refractivity contribution is 6.32. The molecule has 0 spiro atoms. The van der Waals surface area contributed by atoms with E-state index in [0.29, 0.717) is 5.56 Å². The third kappa shape index (κ3) is 3.53. The Balaban J connectivity index is 2.34. The number of nitrogens with one attached hydrogen (secondary N) is 1. The number of ether oxygens (including phenoxy) is 1. The molecule has 0 radical (unpaired) electrons. The second-order valence-electron chi connectivity index (χ2n) is 5.12. The van der Waals surface area contributed by atoms with Crippen molar-refractivity contribution in [1.29, 1.82) is 5.26 Å². The van der Waals surface area contributed by atoms with Crippen LogP contribution in [0.15, 0.2) is 29.8 Å². The average Bonchev–Trinajstić information content (AvgIpc) is 2.87. The molecular formula is C17H16ClN3O3. The summed E-state index contributed by atoms with van der Waals surface area (Å²) in [5, 5.41) is 19.1. The maximum Gasteiger partial charge on any atom is 0.280 e. The van der Waals surface area contributed by atoms with Gasteiger partial charge in [-0.15, -0.1) is 0 Å². The Morgan fingerprint density at radius 2 is 2.00 bits per heavy atom. The number of hydrogen-bond donors (Lipinski definition) is 2. The molecule has 0 fully saturated rings. The van der Waals surface area contributed by atoms with Gasteiger partial charge in [0.1, 0.15) is 11.6 Å². The van der Waals surface area contributed by atoms with Gasteiger partial charge in [-0.1, -0.05) is 11.6 Å². The van der Waals surface area contributed by atoms with E-state index in [-0.39, 0.29) is 22.1 Å². The predicted molar refractivity (Wildman–Crippen MR) is 91.5 cm³/mol. The zero-order chi connectivity index (χ0) is 17.9. The van der Waals surface area contributed by atoms with Gasteiger partial charge in [-0.2, -0.15) is 5.26 Å². The largest absolute Gasteiger partial charge is 0.503 e. The van der Waals surface area contributed by atoms with Gasteiger partial charge >= 0.3 is 0 Å². The van der Waals surface area contributed by atoms with Crippen LogP contribution in [0.5, 0.6) is 11.5 Å². The summed E-state index contributed by atoms with van der Waals surface area (Å²) in [6.07, 6.45) is 1.37. The summed E-state index contributed by atoms with van der Waals surface area (Å²) in [5.74, 6) is -0.593. The van der Waals surface area contributed by atoms with Crippen LogP contribution in [0, 0.1) is 25.2 Å². The quantitative estimate of drug-likeness (QED) is 0.658. The molecule has 0 unspecified atom stereocenters. The topological polar surface area (TPSA) is 87.3 Å². The average molecular weight is 346 g/mol. The van der Waals surface area contributed by atoms with Crippen LogP contribution in [0.3, 0.4) is 0 Å². The molecule has 1 aromatic carbocycles. The molecular weight excluding hydrogens is 330 g/mol. The molecule has 0 atom stereocenters. The van der Waals surface area contributed by atoms with E-state index in [4.69, 9.17) is 16.3 Å². The number of methoxy groups -OCH3 is 1. The van der Waals surface area contributed by atoms with Gasteiger partial charge in [0.15, 0.2) is 11.5 Å². The van der Waals surface area contributed by atoms with Crippen LogP contribution in [0.4, 0.5) is 0 Å². The molecule has 0 aliphatic carbocycles. The SMILES string of the molecule is COc1cc(/C=C(/C#N)C(=O)Nn2c(C)ccc2C)cc(Cl)c1O. The van der Waals surface area contributed by atoms with Crippen molar-refractivity contribution in [1.82, 2.24) is 4.68 Å².